The maximum absolute atomic E-state index is 8.80. The Morgan fingerprint density at radius 3 is 1.34 bits per heavy atom. The number of rotatable bonds is 2. The van der Waals surface area contributed by atoms with Crippen molar-refractivity contribution in [2.75, 3.05) is 0 Å². The highest BCUT2D eigenvalue weighted by molar-refractivity contribution is 7.20. The first kappa shape index (κ1) is 24.6. The smallest absolute Gasteiger partial charge is 0.131 e. The van der Waals surface area contributed by atoms with Gasteiger partial charge in [-0.25, -0.2) is 0 Å². The number of nitrogens with zero attached hydrogens (tertiary/aromatic N) is 6. The molecule has 0 radical (unpaired) electrons. The molecule has 38 heavy (non-hydrogen) atoms. The van der Waals surface area contributed by atoms with Gasteiger partial charge < -0.3 is 9.13 Å². The van der Waals surface area contributed by atoms with Crippen molar-refractivity contribution in [1.82, 2.24) is 9.13 Å². The van der Waals surface area contributed by atoms with E-state index >= 15 is 0 Å². The molecule has 0 bridgehead atoms. The van der Waals surface area contributed by atoms with E-state index in [1.807, 2.05) is 74.8 Å². The Morgan fingerprint density at radius 2 is 0.974 bits per heavy atom. The molecule has 0 unspecified atom stereocenters. The molecule has 0 aliphatic heterocycles. The predicted octanol–water partition coefficient (Wildman–Crippen LogP) is 7.65. The second kappa shape index (κ2) is 10.1. The lowest BCUT2D eigenvalue weighted by Gasteiger charge is -1.95. The zero-order valence-corrected chi connectivity index (χ0v) is 22.1. The SMILES string of the molecule is Cn1c2ccccc2c2cc(C=C(C#N)C#N)sc21.Cn1c2ccccc2c2cc(C=C(C#N)C#N)sc21. The van der Waals surface area contributed by atoms with Gasteiger partial charge in [0.2, 0.25) is 0 Å². The van der Waals surface area contributed by atoms with E-state index in [0.717, 1.165) is 19.4 Å². The molecule has 6 nitrogen and oxygen atoms in total. The van der Waals surface area contributed by atoms with Crippen molar-refractivity contribution in [2.45, 2.75) is 0 Å². The van der Waals surface area contributed by atoms with Crippen LogP contribution in [0.25, 0.3) is 54.4 Å². The number of aromatic nitrogens is 2. The molecule has 0 saturated carbocycles. The van der Waals surface area contributed by atoms with Gasteiger partial charge in [-0.3, -0.25) is 0 Å². The number of hydrogen-bond acceptors (Lipinski definition) is 6. The average Bonchev–Trinajstić information content (AvgIpc) is 3.69. The van der Waals surface area contributed by atoms with Gasteiger partial charge in [0.05, 0.1) is 0 Å². The van der Waals surface area contributed by atoms with Crippen molar-refractivity contribution < 1.29 is 0 Å². The molecule has 0 spiro atoms. The van der Waals surface area contributed by atoms with E-state index in [9.17, 15) is 0 Å². The lowest BCUT2D eigenvalue weighted by molar-refractivity contribution is 1.02. The molecule has 6 rings (SSSR count). The molecule has 0 aliphatic carbocycles. The van der Waals surface area contributed by atoms with Gasteiger partial charge in [0.15, 0.2) is 0 Å². The Morgan fingerprint density at radius 1 is 0.605 bits per heavy atom. The summed E-state index contributed by atoms with van der Waals surface area (Å²) in [5.41, 5.74) is 2.66. The normalized spacial score (nSPS) is 10.3. The van der Waals surface area contributed by atoms with Gasteiger partial charge in [-0.15, -0.1) is 22.7 Å². The molecule has 8 heteroatoms. The average molecular weight is 527 g/mol. The van der Waals surface area contributed by atoms with Crippen LogP contribution in [0.4, 0.5) is 0 Å². The second-order valence-electron chi connectivity index (χ2n) is 8.45. The third kappa shape index (κ3) is 4.21. The molecular weight excluding hydrogens is 509 g/mol. The molecule has 0 fully saturated rings. The first-order valence-electron chi connectivity index (χ1n) is 11.5. The van der Waals surface area contributed by atoms with Crippen LogP contribution in [0.1, 0.15) is 9.75 Å². The number of fused-ring (bicyclic) bond motifs is 6. The number of benzene rings is 2. The Bertz CT molecular complexity index is 1910. The van der Waals surface area contributed by atoms with Gasteiger partial charge in [0, 0.05) is 56.4 Å². The quantitative estimate of drug-likeness (QED) is 0.216. The topological polar surface area (TPSA) is 105 Å². The number of para-hydroxylation sites is 2. The third-order valence-electron chi connectivity index (χ3n) is 6.24. The van der Waals surface area contributed by atoms with E-state index in [2.05, 4.69) is 33.4 Å². The molecule has 0 atom stereocenters. The molecule has 4 heterocycles. The fourth-order valence-electron chi connectivity index (χ4n) is 4.50. The zero-order chi connectivity index (χ0) is 26.8. The molecule has 4 aromatic heterocycles. The maximum Gasteiger partial charge on any atom is 0.131 e. The summed E-state index contributed by atoms with van der Waals surface area (Å²) in [5, 5.41) is 39.9. The van der Waals surface area contributed by atoms with E-state index in [1.54, 1.807) is 34.8 Å². The molecule has 2 aromatic carbocycles. The van der Waals surface area contributed by atoms with Crippen LogP contribution >= 0.6 is 22.7 Å². The van der Waals surface area contributed by atoms with Crippen molar-refractivity contribution in [2.24, 2.45) is 14.1 Å². The number of aryl methyl sites for hydroxylation is 2. The third-order valence-corrected chi connectivity index (χ3v) is 8.56. The Balaban J connectivity index is 0.000000155. The fourth-order valence-corrected chi connectivity index (χ4v) is 6.68. The first-order valence-corrected chi connectivity index (χ1v) is 13.1. The lowest BCUT2D eigenvalue weighted by atomic mass is 10.2. The van der Waals surface area contributed by atoms with Gasteiger partial charge in [-0.1, -0.05) is 36.4 Å². The van der Waals surface area contributed by atoms with Gasteiger partial charge in [0.25, 0.3) is 0 Å². The summed E-state index contributed by atoms with van der Waals surface area (Å²) in [7, 11) is 4.06. The minimum atomic E-state index is 0.135. The van der Waals surface area contributed by atoms with Crippen LogP contribution < -0.4 is 0 Å². The molecule has 0 saturated heterocycles. The highest BCUT2D eigenvalue weighted by Crippen LogP contribution is 2.36. The van der Waals surface area contributed by atoms with E-state index in [0.29, 0.717) is 0 Å². The maximum atomic E-state index is 8.80. The van der Waals surface area contributed by atoms with E-state index in [1.165, 1.54) is 32.6 Å². The molecular formula is C30H18N6S2. The standard InChI is InChI=1S/2C15H9N3S/c2*1-18-14-5-3-2-4-12(14)13-7-11(19-15(13)18)6-10(8-16)9-17/h2*2-7H,1H3. The summed E-state index contributed by atoms with van der Waals surface area (Å²) < 4.78 is 4.29. The predicted molar refractivity (Wildman–Crippen MR) is 155 cm³/mol. The lowest BCUT2D eigenvalue weighted by Crippen LogP contribution is -1.83. The minimum Gasteiger partial charge on any atom is -0.335 e. The van der Waals surface area contributed by atoms with Crippen LogP contribution in [0.15, 0.2) is 71.8 Å². The zero-order valence-electron chi connectivity index (χ0n) is 20.4. The molecule has 6 aromatic rings. The number of nitriles is 4. The Hall–Kier alpha value is -5.12. The van der Waals surface area contributed by atoms with Gasteiger partial charge >= 0.3 is 0 Å². The summed E-state index contributed by atoms with van der Waals surface area (Å²) in [5.74, 6) is 0. The van der Waals surface area contributed by atoms with Crippen molar-refractivity contribution in [1.29, 1.82) is 21.0 Å². The van der Waals surface area contributed by atoms with E-state index in [-0.39, 0.29) is 11.1 Å². The van der Waals surface area contributed by atoms with Crippen LogP contribution in [-0.2, 0) is 14.1 Å². The van der Waals surface area contributed by atoms with Crippen LogP contribution in [0, 0.1) is 45.3 Å². The van der Waals surface area contributed by atoms with E-state index in [4.69, 9.17) is 21.0 Å². The number of thiophene rings is 2. The first-order chi connectivity index (χ1) is 18.5. The largest absolute Gasteiger partial charge is 0.335 e. The second-order valence-corrected chi connectivity index (χ2v) is 10.6. The van der Waals surface area contributed by atoms with Crippen molar-refractivity contribution >= 4 is 77.1 Å². The summed E-state index contributed by atoms with van der Waals surface area (Å²) in [6.45, 7) is 0. The van der Waals surface area contributed by atoms with Crippen LogP contribution in [0.2, 0.25) is 0 Å². The van der Waals surface area contributed by atoms with Crippen molar-refractivity contribution in [3.05, 3.63) is 81.6 Å². The Labute approximate surface area is 226 Å². The van der Waals surface area contributed by atoms with Crippen LogP contribution in [-0.4, -0.2) is 9.13 Å². The molecule has 0 aliphatic rings. The van der Waals surface area contributed by atoms with Crippen molar-refractivity contribution in [3.8, 4) is 24.3 Å². The van der Waals surface area contributed by atoms with Crippen LogP contribution in [0.3, 0.4) is 0 Å². The summed E-state index contributed by atoms with van der Waals surface area (Å²) >= 11 is 3.19. The summed E-state index contributed by atoms with van der Waals surface area (Å²) in [6, 6.07) is 28.1. The number of hydrogen-bond donors (Lipinski definition) is 0. The number of allylic oxidation sites excluding steroid dienone is 2. The van der Waals surface area contributed by atoms with Crippen molar-refractivity contribution in [3.63, 3.8) is 0 Å². The molecule has 0 N–H and O–H groups in total. The molecule has 180 valence electrons. The summed E-state index contributed by atoms with van der Waals surface area (Å²) in [6.07, 6.45) is 3.28. The highest BCUT2D eigenvalue weighted by atomic mass is 32.1. The van der Waals surface area contributed by atoms with Gasteiger partial charge in [-0.2, -0.15) is 21.0 Å². The van der Waals surface area contributed by atoms with E-state index < -0.39 is 0 Å². The highest BCUT2D eigenvalue weighted by Gasteiger charge is 2.12. The van der Waals surface area contributed by atoms with Gasteiger partial charge in [0.1, 0.15) is 45.1 Å². The minimum absolute atomic E-state index is 0.135. The Kier molecular flexibility index (Phi) is 6.53. The fraction of sp³-hybridized carbons (Fsp3) is 0.0667. The van der Waals surface area contributed by atoms with Gasteiger partial charge in [-0.05, 0) is 36.4 Å². The summed E-state index contributed by atoms with van der Waals surface area (Å²) in [4.78, 5) is 4.18. The molecule has 0 amide bonds. The monoisotopic (exact) mass is 526 g/mol. The van der Waals surface area contributed by atoms with Crippen LogP contribution in [0.5, 0.6) is 0 Å².